The second kappa shape index (κ2) is 7.51. The summed E-state index contributed by atoms with van der Waals surface area (Å²) in [6.45, 7) is 6.51. The lowest BCUT2D eigenvalue weighted by Crippen LogP contribution is -2.26. The predicted octanol–water partition coefficient (Wildman–Crippen LogP) is 3.68. The minimum Gasteiger partial charge on any atom is -0.454 e. The number of ketones is 2. The molecule has 0 saturated heterocycles. The average Bonchev–Trinajstić information content (AvgIpc) is 3.17. The number of esters is 1. The van der Waals surface area contributed by atoms with E-state index >= 15 is 0 Å². The lowest BCUT2D eigenvalue weighted by Gasteiger charge is -2.13. The van der Waals surface area contributed by atoms with Crippen molar-refractivity contribution < 1.29 is 19.1 Å². The van der Waals surface area contributed by atoms with Crippen molar-refractivity contribution in [2.75, 3.05) is 0 Å². The molecule has 0 unspecified atom stereocenters. The van der Waals surface area contributed by atoms with E-state index in [-0.39, 0.29) is 18.0 Å². The summed E-state index contributed by atoms with van der Waals surface area (Å²) < 4.78 is 5.36. The maximum absolute atomic E-state index is 12.7. The van der Waals surface area contributed by atoms with E-state index in [0.29, 0.717) is 22.5 Å². The van der Waals surface area contributed by atoms with Gasteiger partial charge in [0.1, 0.15) is 0 Å². The predicted molar refractivity (Wildman–Crippen MR) is 102 cm³/mol. The Morgan fingerprint density at radius 2 is 1.85 bits per heavy atom. The highest BCUT2D eigenvalue weighted by Gasteiger charge is 2.26. The molecule has 1 atom stereocenters. The largest absolute Gasteiger partial charge is 0.454 e. The Kier molecular flexibility index (Phi) is 5.31. The number of H-pyrrole nitrogens is 1. The second-order valence-electron chi connectivity index (χ2n) is 7.31. The van der Waals surface area contributed by atoms with Gasteiger partial charge in [0.15, 0.2) is 11.9 Å². The Morgan fingerprint density at radius 3 is 2.52 bits per heavy atom. The van der Waals surface area contributed by atoms with E-state index in [1.807, 2.05) is 6.07 Å². The van der Waals surface area contributed by atoms with Gasteiger partial charge in [-0.25, -0.2) is 0 Å². The second-order valence-corrected chi connectivity index (χ2v) is 7.31. The molecule has 3 rings (SSSR count). The summed E-state index contributed by atoms with van der Waals surface area (Å²) in [6, 6.07) is 6.09. The van der Waals surface area contributed by atoms with E-state index < -0.39 is 12.1 Å². The fourth-order valence-corrected chi connectivity index (χ4v) is 3.92. The average molecular weight is 367 g/mol. The van der Waals surface area contributed by atoms with Crippen molar-refractivity contribution in [3.8, 4) is 0 Å². The van der Waals surface area contributed by atoms with Crippen LogP contribution in [0.3, 0.4) is 0 Å². The van der Waals surface area contributed by atoms with Crippen LogP contribution in [0.15, 0.2) is 18.2 Å². The van der Waals surface area contributed by atoms with E-state index in [1.54, 1.807) is 20.8 Å². The van der Waals surface area contributed by atoms with Gasteiger partial charge < -0.3 is 9.72 Å². The molecule has 0 amide bonds. The molecule has 0 fully saturated rings. The molecule has 142 valence electrons. The third-order valence-corrected chi connectivity index (χ3v) is 5.22. The SMILES string of the molecule is CC(=O)c1c(C)[nH]c(C(=O)[C@H](C)OC(=O)Cc2ccc3c(c2)CCC3)c1C. The van der Waals surface area contributed by atoms with E-state index in [4.69, 9.17) is 4.74 Å². The summed E-state index contributed by atoms with van der Waals surface area (Å²) in [4.78, 5) is 39.7. The number of carbonyl (C=O) groups is 3. The van der Waals surface area contributed by atoms with Gasteiger partial charge >= 0.3 is 5.97 Å². The van der Waals surface area contributed by atoms with Gasteiger partial charge in [-0.05, 0) is 69.2 Å². The molecule has 0 saturated carbocycles. The number of nitrogens with one attached hydrogen (secondary N) is 1. The number of aromatic amines is 1. The van der Waals surface area contributed by atoms with Gasteiger partial charge in [-0.3, -0.25) is 14.4 Å². The van der Waals surface area contributed by atoms with E-state index in [0.717, 1.165) is 24.8 Å². The minimum absolute atomic E-state index is 0.0958. The fourth-order valence-electron chi connectivity index (χ4n) is 3.92. The van der Waals surface area contributed by atoms with Crippen LogP contribution in [-0.4, -0.2) is 28.6 Å². The summed E-state index contributed by atoms with van der Waals surface area (Å²) in [7, 11) is 0. The maximum atomic E-state index is 12.7. The molecule has 5 nitrogen and oxygen atoms in total. The molecule has 0 radical (unpaired) electrons. The Balaban J connectivity index is 1.67. The summed E-state index contributed by atoms with van der Waals surface area (Å²) in [5.74, 6) is -0.853. The zero-order valence-electron chi connectivity index (χ0n) is 16.3. The number of Topliss-reactive ketones (excluding diaryl/α,β-unsaturated/α-hetero) is 2. The van der Waals surface area contributed by atoms with Crippen LogP contribution in [0.2, 0.25) is 0 Å². The first-order valence-electron chi connectivity index (χ1n) is 9.32. The van der Waals surface area contributed by atoms with Crippen molar-refractivity contribution in [2.24, 2.45) is 0 Å². The lowest BCUT2D eigenvalue weighted by molar-refractivity contribution is -0.145. The fraction of sp³-hybridized carbons (Fsp3) is 0.409. The quantitative estimate of drug-likeness (QED) is 0.624. The minimum atomic E-state index is -0.913. The molecule has 5 heteroatoms. The molecule has 1 aromatic heterocycles. The van der Waals surface area contributed by atoms with Gasteiger partial charge in [0, 0.05) is 11.3 Å². The molecular weight excluding hydrogens is 342 g/mol. The summed E-state index contributed by atoms with van der Waals surface area (Å²) in [6.07, 6.45) is 2.54. The third-order valence-electron chi connectivity index (χ3n) is 5.22. The molecule has 1 aliphatic rings. The van der Waals surface area contributed by atoms with Crippen LogP contribution in [0, 0.1) is 13.8 Å². The Labute approximate surface area is 159 Å². The molecular formula is C22H25NO4. The van der Waals surface area contributed by atoms with Gasteiger partial charge in [0.25, 0.3) is 0 Å². The Hall–Kier alpha value is -2.69. The van der Waals surface area contributed by atoms with Crippen molar-refractivity contribution in [3.05, 3.63) is 57.4 Å². The number of ether oxygens (including phenoxy) is 1. The van der Waals surface area contributed by atoms with Crippen LogP contribution in [0.4, 0.5) is 0 Å². The number of fused-ring (bicyclic) bond motifs is 1. The van der Waals surface area contributed by atoms with Gasteiger partial charge in [-0.15, -0.1) is 0 Å². The molecule has 0 spiro atoms. The molecule has 0 aliphatic heterocycles. The molecule has 27 heavy (non-hydrogen) atoms. The molecule has 1 N–H and O–H groups in total. The number of carbonyl (C=O) groups excluding carboxylic acids is 3. The first-order chi connectivity index (χ1) is 12.8. The molecule has 1 heterocycles. The monoisotopic (exact) mass is 367 g/mol. The number of hydrogen-bond acceptors (Lipinski definition) is 4. The smallest absolute Gasteiger partial charge is 0.310 e. The van der Waals surface area contributed by atoms with Gasteiger partial charge in [0.2, 0.25) is 5.78 Å². The van der Waals surface area contributed by atoms with Crippen molar-refractivity contribution >= 4 is 17.5 Å². The zero-order valence-corrected chi connectivity index (χ0v) is 16.3. The van der Waals surface area contributed by atoms with Gasteiger partial charge in [0.05, 0.1) is 12.1 Å². The van der Waals surface area contributed by atoms with Gasteiger partial charge in [-0.1, -0.05) is 18.2 Å². The lowest BCUT2D eigenvalue weighted by atomic mass is 10.0. The topological polar surface area (TPSA) is 76.2 Å². The van der Waals surface area contributed by atoms with Crippen molar-refractivity contribution in [1.82, 2.24) is 4.98 Å². The molecule has 2 aromatic rings. The molecule has 0 bridgehead atoms. The maximum Gasteiger partial charge on any atom is 0.310 e. The highest BCUT2D eigenvalue weighted by molar-refractivity contribution is 6.05. The first-order valence-corrected chi connectivity index (χ1v) is 9.32. The van der Waals surface area contributed by atoms with Crippen molar-refractivity contribution in [1.29, 1.82) is 0 Å². The van der Waals surface area contributed by atoms with E-state index in [1.165, 1.54) is 18.1 Å². The van der Waals surface area contributed by atoms with Gasteiger partial charge in [-0.2, -0.15) is 0 Å². The Morgan fingerprint density at radius 1 is 1.15 bits per heavy atom. The zero-order chi connectivity index (χ0) is 19.7. The van der Waals surface area contributed by atoms with Crippen LogP contribution in [0.25, 0.3) is 0 Å². The van der Waals surface area contributed by atoms with E-state index in [2.05, 4.69) is 17.1 Å². The summed E-state index contributed by atoms with van der Waals surface area (Å²) in [5, 5.41) is 0. The van der Waals surface area contributed by atoms with Crippen LogP contribution in [0.1, 0.15) is 69.1 Å². The number of rotatable bonds is 6. The van der Waals surface area contributed by atoms with E-state index in [9.17, 15) is 14.4 Å². The number of aryl methyl sites for hydroxylation is 3. The van der Waals surface area contributed by atoms with Crippen LogP contribution in [0.5, 0.6) is 0 Å². The summed E-state index contributed by atoms with van der Waals surface area (Å²) >= 11 is 0. The summed E-state index contributed by atoms with van der Waals surface area (Å²) in [5.41, 5.74) is 5.68. The standard InChI is InChI=1S/C22H25NO4/c1-12-20(14(3)24)13(2)23-21(12)22(26)15(4)27-19(25)11-16-8-9-17-6-5-7-18(17)10-16/h8-10,15,23H,5-7,11H2,1-4H3/t15-/m0/s1. The molecule has 1 aliphatic carbocycles. The molecule has 1 aromatic carbocycles. The third kappa shape index (κ3) is 3.87. The van der Waals surface area contributed by atoms with Crippen LogP contribution >= 0.6 is 0 Å². The van der Waals surface area contributed by atoms with Crippen molar-refractivity contribution in [3.63, 3.8) is 0 Å². The van der Waals surface area contributed by atoms with Crippen LogP contribution < -0.4 is 0 Å². The normalized spacial score (nSPS) is 13.9. The number of hydrogen-bond donors (Lipinski definition) is 1. The number of aromatic nitrogens is 1. The van der Waals surface area contributed by atoms with Crippen LogP contribution in [-0.2, 0) is 28.8 Å². The first kappa shape index (κ1) is 19.1. The van der Waals surface area contributed by atoms with Crippen molar-refractivity contribution in [2.45, 2.75) is 59.5 Å². The highest BCUT2D eigenvalue weighted by atomic mass is 16.5. The number of benzene rings is 1. The Bertz CT molecular complexity index is 923. The highest BCUT2D eigenvalue weighted by Crippen LogP contribution is 2.24.